The zero-order chi connectivity index (χ0) is 15.5. The van der Waals surface area contributed by atoms with Gasteiger partial charge in [0, 0.05) is 18.4 Å². The van der Waals surface area contributed by atoms with Crippen molar-refractivity contribution in [1.29, 1.82) is 0 Å². The molecular formula is C15H27ClN2O3. The van der Waals surface area contributed by atoms with Crippen molar-refractivity contribution < 1.29 is 14.2 Å². The van der Waals surface area contributed by atoms with Crippen molar-refractivity contribution >= 4 is 11.6 Å². The van der Waals surface area contributed by atoms with E-state index >= 15 is 0 Å². The van der Waals surface area contributed by atoms with E-state index < -0.39 is 0 Å². The van der Waals surface area contributed by atoms with Crippen LogP contribution in [0.3, 0.4) is 0 Å². The first kappa shape index (κ1) is 18.4. The van der Waals surface area contributed by atoms with Crippen LogP contribution in [0, 0.1) is 0 Å². The first-order valence-electron chi connectivity index (χ1n) is 7.56. The van der Waals surface area contributed by atoms with E-state index in [0.717, 1.165) is 25.1 Å². The van der Waals surface area contributed by atoms with Crippen LogP contribution in [0.15, 0.2) is 0 Å². The van der Waals surface area contributed by atoms with Gasteiger partial charge >= 0.3 is 0 Å². The fourth-order valence-corrected chi connectivity index (χ4v) is 2.53. The second-order valence-corrected chi connectivity index (χ2v) is 4.92. The normalized spacial score (nSPS) is 11.2. The van der Waals surface area contributed by atoms with Crippen LogP contribution in [0.5, 0.6) is 0 Å². The highest BCUT2D eigenvalue weighted by atomic mass is 35.5. The molecule has 0 unspecified atom stereocenters. The van der Waals surface area contributed by atoms with Crippen LogP contribution in [0.25, 0.3) is 0 Å². The highest BCUT2D eigenvalue weighted by Gasteiger charge is 2.14. The first-order chi connectivity index (χ1) is 10.3. The Labute approximate surface area is 132 Å². The van der Waals surface area contributed by atoms with Gasteiger partial charge in [-0.05, 0) is 12.8 Å². The zero-order valence-corrected chi connectivity index (χ0v) is 14.1. The summed E-state index contributed by atoms with van der Waals surface area (Å²) in [7, 11) is 1.66. The molecule has 21 heavy (non-hydrogen) atoms. The lowest BCUT2D eigenvalue weighted by molar-refractivity contribution is 0.0224. The lowest BCUT2D eigenvalue weighted by Crippen LogP contribution is -2.14. The smallest absolute Gasteiger partial charge is 0.0701 e. The van der Waals surface area contributed by atoms with Crippen molar-refractivity contribution in [3.8, 4) is 0 Å². The van der Waals surface area contributed by atoms with E-state index in [1.54, 1.807) is 7.11 Å². The lowest BCUT2D eigenvalue weighted by atomic mass is 10.1. The number of rotatable bonds is 12. The molecule has 0 aliphatic heterocycles. The molecule has 122 valence electrons. The molecule has 0 N–H and O–H groups in total. The third kappa shape index (κ3) is 5.94. The average Bonchev–Trinajstić information content (AvgIpc) is 2.86. The van der Waals surface area contributed by atoms with E-state index in [-0.39, 0.29) is 0 Å². The molecule has 0 amide bonds. The van der Waals surface area contributed by atoms with Crippen molar-refractivity contribution in [1.82, 2.24) is 9.78 Å². The summed E-state index contributed by atoms with van der Waals surface area (Å²) in [6.07, 6.45) is 1.85. The quantitative estimate of drug-likeness (QED) is 0.438. The fourth-order valence-electron chi connectivity index (χ4n) is 2.22. The molecule has 6 heteroatoms. The summed E-state index contributed by atoms with van der Waals surface area (Å²) < 4.78 is 17.8. The Morgan fingerprint density at radius 1 is 1.00 bits per heavy atom. The number of nitrogens with zero attached hydrogens (tertiary/aromatic N) is 2. The standard InChI is InChI=1S/C15H27ClN2O3/c1-4-14-13(12-16)15(5-2)18(17-14)6-7-20-10-11-21-9-8-19-3/h4-12H2,1-3H3. The van der Waals surface area contributed by atoms with Gasteiger partial charge < -0.3 is 14.2 Å². The van der Waals surface area contributed by atoms with Gasteiger partial charge in [0.2, 0.25) is 0 Å². The molecule has 0 atom stereocenters. The van der Waals surface area contributed by atoms with Gasteiger partial charge in [0.25, 0.3) is 0 Å². The monoisotopic (exact) mass is 318 g/mol. The molecule has 0 radical (unpaired) electrons. The Bertz CT molecular complexity index is 397. The second-order valence-electron chi connectivity index (χ2n) is 4.65. The van der Waals surface area contributed by atoms with Crippen LogP contribution in [0.2, 0.25) is 0 Å². The summed E-state index contributed by atoms with van der Waals surface area (Å²) in [5, 5.41) is 4.63. The van der Waals surface area contributed by atoms with E-state index in [9.17, 15) is 0 Å². The second kappa shape index (κ2) is 11.0. The average molecular weight is 319 g/mol. The van der Waals surface area contributed by atoms with Crippen molar-refractivity contribution in [3.05, 3.63) is 17.0 Å². The predicted molar refractivity (Wildman–Crippen MR) is 84.1 cm³/mol. The van der Waals surface area contributed by atoms with Crippen LogP contribution in [0.1, 0.15) is 30.8 Å². The molecule has 5 nitrogen and oxygen atoms in total. The van der Waals surface area contributed by atoms with Crippen LogP contribution >= 0.6 is 11.6 Å². The molecule has 0 aliphatic carbocycles. The minimum Gasteiger partial charge on any atom is -0.382 e. The SMILES string of the molecule is CCc1nn(CCOCCOCCOC)c(CC)c1CCl. The summed E-state index contributed by atoms with van der Waals surface area (Å²) in [6, 6.07) is 0. The summed E-state index contributed by atoms with van der Waals surface area (Å²) >= 11 is 6.04. The molecular weight excluding hydrogens is 292 g/mol. The van der Waals surface area contributed by atoms with Crippen LogP contribution in [-0.4, -0.2) is 49.9 Å². The first-order valence-corrected chi connectivity index (χ1v) is 8.09. The number of hydrogen-bond donors (Lipinski definition) is 0. The summed E-state index contributed by atoms with van der Waals surface area (Å²) in [5.41, 5.74) is 3.51. The third-order valence-corrected chi connectivity index (χ3v) is 3.57. The number of ether oxygens (including phenoxy) is 3. The van der Waals surface area contributed by atoms with Crippen molar-refractivity contribution in [3.63, 3.8) is 0 Å². The molecule has 0 saturated heterocycles. The minimum absolute atomic E-state index is 0.528. The van der Waals surface area contributed by atoms with E-state index in [1.807, 2.05) is 4.68 Å². The minimum atomic E-state index is 0.528. The summed E-state index contributed by atoms with van der Waals surface area (Å²) in [6.45, 7) is 8.04. The van der Waals surface area contributed by atoms with Crippen LogP contribution in [-0.2, 0) is 39.5 Å². The summed E-state index contributed by atoms with van der Waals surface area (Å²) in [4.78, 5) is 0. The molecule has 1 rings (SSSR count). The Kier molecular flexibility index (Phi) is 9.67. The molecule has 0 aromatic carbocycles. The van der Waals surface area contributed by atoms with E-state index in [4.69, 9.17) is 25.8 Å². The number of aromatic nitrogens is 2. The molecule has 1 aromatic rings. The van der Waals surface area contributed by atoms with Gasteiger partial charge in [-0.15, -0.1) is 11.6 Å². The molecule has 1 heterocycles. The molecule has 0 fully saturated rings. The number of halogens is 1. The van der Waals surface area contributed by atoms with E-state index in [0.29, 0.717) is 38.9 Å². The van der Waals surface area contributed by atoms with Crippen LogP contribution in [0.4, 0.5) is 0 Å². The Morgan fingerprint density at radius 2 is 1.67 bits per heavy atom. The van der Waals surface area contributed by atoms with Gasteiger partial charge in [0.05, 0.1) is 51.2 Å². The number of methoxy groups -OCH3 is 1. The maximum absolute atomic E-state index is 6.04. The number of hydrogen-bond acceptors (Lipinski definition) is 4. The van der Waals surface area contributed by atoms with E-state index in [1.165, 1.54) is 11.3 Å². The van der Waals surface area contributed by atoms with Crippen molar-refractivity contribution in [2.24, 2.45) is 0 Å². The Morgan fingerprint density at radius 3 is 2.24 bits per heavy atom. The number of aryl methyl sites for hydroxylation is 1. The van der Waals surface area contributed by atoms with Crippen molar-refractivity contribution in [2.75, 3.05) is 40.1 Å². The number of alkyl halides is 1. The topological polar surface area (TPSA) is 45.5 Å². The highest BCUT2D eigenvalue weighted by Crippen LogP contribution is 2.18. The van der Waals surface area contributed by atoms with Gasteiger partial charge in [-0.25, -0.2) is 0 Å². The maximum Gasteiger partial charge on any atom is 0.0701 e. The lowest BCUT2D eigenvalue weighted by Gasteiger charge is -2.08. The molecule has 0 spiro atoms. The Balaban J connectivity index is 2.33. The third-order valence-electron chi connectivity index (χ3n) is 3.30. The summed E-state index contributed by atoms with van der Waals surface area (Å²) in [5.74, 6) is 0.528. The molecule has 0 aliphatic rings. The molecule has 1 aromatic heterocycles. The van der Waals surface area contributed by atoms with Crippen LogP contribution < -0.4 is 0 Å². The zero-order valence-electron chi connectivity index (χ0n) is 13.4. The fraction of sp³-hybridized carbons (Fsp3) is 0.800. The van der Waals surface area contributed by atoms with Gasteiger partial charge in [-0.2, -0.15) is 5.10 Å². The Hall–Kier alpha value is -0.620. The van der Waals surface area contributed by atoms with E-state index in [2.05, 4.69) is 18.9 Å². The van der Waals surface area contributed by atoms with Gasteiger partial charge in [-0.3, -0.25) is 4.68 Å². The molecule has 0 bridgehead atoms. The largest absolute Gasteiger partial charge is 0.382 e. The highest BCUT2D eigenvalue weighted by molar-refractivity contribution is 6.17. The molecule has 0 saturated carbocycles. The van der Waals surface area contributed by atoms with Gasteiger partial charge in [0.15, 0.2) is 0 Å². The van der Waals surface area contributed by atoms with Gasteiger partial charge in [0.1, 0.15) is 0 Å². The maximum atomic E-state index is 6.04. The van der Waals surface area contributed by atoms with Gasteiger partial charge in [-0.1, -0.05) is 13.8 Å². The predicted octanol–water partition coefficient (Wildman–Crippen LogP) is 2.43. The van der Waals surface area contributed by atoms with Crippen molar-refractivity contribution in [2.45, 2.75) is 39.1 Å².